The number of aryl methyl sites for hydroxylation is 1. The highest BCUT2D eigenvalue weighted by molar-refractivity contribution is 5.59. The van der Waals surface area contributed by atoms with Crippen LogP contribution in [0.4, 0.5) is 0 Å². The van der Waals surface area contributed by atoms with Gasteiger partial charge in [0.2, 0.25) is 0 Å². The summed E-state index contributed by atoms with van der Waals surface area (Å²) in [5.41, 5.74) is 1.37. The van der Waals surface area contributed by atoms with E-state index in [4.69, 9.17) is 4.84 Å². The Morgan fingerprint density at radius 2 is 1.70 bits per heavy atom. The summed E-state index contributed by atoms with van der Waals surface area (Å²) >= 11 is 0. The molecule has 0 aromatic carbocycles. The van der Waals surface area contributed by atoms with Gasteiger partial charge in [-0.25, -0.2) is 0 Å². The van der Waals surface area contributed by atoms with E-state index in [-0.39, 0.29) is 0 Å². The molecule has 1 unspecified atom stereocenters. The lowest BCUT2D eigenvalue weighted by Gasteiger charge is -2.05. The normalized spacial score (nSPS) is 12.6. The number of hydrogen-bond acceptors (Lipinski definition) is 3. The summed E-state index contributed by atoms with van der Waals surface area (Å²) in [5.74, 6) is 0.537. The highest BCUT2D eigenvalue weighted by Gasteiger charge is 1.99. The average Bonchev–Trinajstić information content (AvgIpc) is 2.58. The zero-order chi connectivity index (χ0) is 16.6. The van der Waals surface area contributed by atoms with E-state index >= 15 is 0 Å². The molecule has 1 aromatic rings. The van der Waals surface area contributed by atoms with E-state index in [0.29, 0.717) is 5.92 Å². The zero-order valence-electron chi connectivity index (χ0n) is 15.0. The third kappa shape index (κ3) is 11.8. The lowest BCUT2D eigenvalue weighted by molar-refractivity contribution is 0.213. The highest BCUT2D eigenvalue weighted by Crippen LogP contribution is 2.13. The maximum absolute atomic E-state index is 4.70. The van der Waals surface area contributed by atoms with Gasteiger partial charge in [0.15, 0.2) is 0 Å². The standard InChI is InChI=1S/C20H34N2O/c1-19(17-22-23-2)13-10-8-6-4-3-5-7-9-11-14-20-15-12-16-21-18-20/h12,15-19H,3-11,13-14H2,1-2H3/b22-17-. The predicted molar refractivity (Wildman–Crippen MR) is 98.8 cm³/mol. The molecule has 0 N–H and O–H groups in total. The average molecular weight is 319 g/mol. The molecule has 0 aliphatic heterocycles. The van der Waals surface area contributed by atoms with Gasteiger partial charge in [-0.3, -0.25) is 4.98 Å². The summed E-state index contributed by atoms with van der Waals surface area (Å²) < 4.78 is 0. The summed E-state index contributed by atoms with van der Waals surface area (Å²) in [5, 5.41) is 3.83. The third-order valence-corrected chi connectivity index (χ3v) is 4.27. The second-order valence-corrected chi connectivity index (χ2v) is 6.50. The summed E-state index contributed by atoms with van der Waals surface area (Å²) in [4.78, 5) is 8.86. The molecule has 130 valence electrons. The Morgan fingerprint density at radius 1 is 1.04 bits per heavy atom. The zero-order valence-corrected chi connectivity index (χ0v) is 15.0. The molecule has 0 amide bonds. The minimum absolute atomic E-state index is 0.537. The van der Waals surface area contributed by atoms with Crippen LogP contribution in [-0.2, 0) is 11.3 Å². The van der Waals surface area contributed by atoms with Crippen molar-refractivity contribution in [3.05, 3.63) is 30.1 Å². The van der Waals surface area contributed by atoms with Crippen molar-refractivity contribution >= 4 is 6.21 Å². The Labute approximate surface area is 142 Å². The van der Waals surface area contributed by atoms with Gasteiger partial charge in [-0.15, -0.1) is 0 Å². The van der Waals surface area contributed by atoms with Crippen LogP contribution in [0.2, 0.25) is 0 Å². The van der Waals surface area contributed by atoms with Gasteiger partial charge < -0.3 is 4.84 Å². The van der Waals surface area contributed by atoms with E-state index in [1.54, 1.807) is 7.11 Å². The summed E-state index contributed by atoms with van der Waals surface area (Å²) in [6.45, 7) is 2.20. The van der Waals surface area contributed by atoms with Crippen LogP contribution in [0.15, 0.2) is 29.7 Å². The van der Waals surface area contributed by atoms with Gasteiger partial charge in [0, 0.05) is 18.6 Å². The van der Waals surface area contributed by atoms with E-state index in [9.17, 15) is 0 Å². The first-order valence-corrected chi connectivity index (χ1v) is 9.28. The Balaban J connectivity index is 1.80. The molecule has 3 heteroatoms. The summed E-state index contributed by atoms with van der Waals surface area (Å²) in [7, 11) is 1.60. The fraction of sp³-hybridized carbons (Fsp3) is 0.700. The van der Waals surface area contributed by atoms with Gasteiger partial charge in [0.25, 0.3) is 0 Å². The minimum Gasteiger partial charge on any atom is -0.399 e. The van der Waals surface area contributed by atoms with E-state index in [0.717, 1.165) is 0 Å². The topological polar surface area (TPSA) is 34.5 Å². The minimum atomic E-state index is 0.537. The molecule has 1 rings (SSSR count). The molecule has 0 spiro atoms. The van der Waals surface area contributed by atoms with Crippen molar-refractivity contribution in [2.45, 2.75) is 77.6 Å². The molecule has 3 nitrogen and oxygen atoms in total. The van der Waals surface area contributed by atoms with Gasteiger partial charge in [-0.05, 0) is 36.8 Å². The SMILES string of the molecule is CO/N=C\C(C)CCCCCCCCCCCc1cccnc1. The largest absolute Gasteiger partial charge is 0.399 e. The van der Waals surface area contributed by atoms with Crippen molar-refractivity contribution in [3.63, 3.8) is 0 Å². The molecular weight excluding hydrogens is 284 g/mol. The maximum atomic E-state index is 4.70. The highest BCUT2D eigenvalue weighted by atomic mass is 16.6. The van der Waals surface area contributed by atoms with E-state index < -0.39 is 0 Å². The molecule has 1 atom stereocenters. The van der Waals surface area contributed by atoms with Gasteiger partial charge in [-0.1, -0.05) is 69.5 Å². The maximum Gasteiger partial charge on any atom is 0.106 e. The number of nitrogens with zero attached hydrogens (tertiary/aromatic N) is 2. The number of hydrogen-bond donors (Lipinski definition) is 0. The first-order valence-electron chi connectivity index (χ1n) is 9.28. The van der Waals surface area contributed by atoms with Crippen LogP contribution in [0, 0.1) is 5.92 Å². The summed E-state index contributed by atoms with van der Waals surface area (Å²) in [6, 6.07) is 4.20. The van der Waals surface area contributed by atoms with Crippen molar-refractivity contribution in [1.29, 1.82) is 0 Å². The van der Waals surface area contributed by atoms with Crippen molar-refractivity contribution in [1.82, 2.24) is 4.98 Å². The first kappa shape index (κ1) is 19.7. The van der Waals surface area contributed by atoms with Crippen LogP contribution in [0.25, 0.3) is 0 Å². The first-order chi connectivity index (χ1) is 11.3. The Bertz CT molecular complexity index is 392. The molecule has 0 aliphatic carbocycles. The van der Waals surface area contributed by atoms with Crippen LogP contribution in [-0.4, -0.2) is 18.3 Å². The second-order valence-electron chi connectivity index (χ2n) is 6.50. The van der Waals surface area contributed by atoms with E-state index in [1.807, 2.05) is 24.7 Å². The molecule has 1 heterocycles. The lowest BCUT2D eigenvalue weighted by atomic mass is 10.0. The monoisotopic (exact) mass is 318 g/mol. The Kier molecular flexibility index (Phi) is 12.2. The molecule has 0 saturated heterocycles. The number of pyridine rings is 1. The van der Waals surface area contributed by atoms with Crippen molar-refractivity contribution in [2.75, 3.05) is 7.11 Å². The molecule has 0 aliphatic rings. The fourth-order valence-corrected chi connectivity index (χ4v) is 2.82. The number of oxime groups is 1. The number of rotatable bonds is 14. The Hall–Kier alpha value is -1.38. The van der Waals surface area contributed by atoms with Crippen LogP contribution in [0.1, 0.15) is 76.7 Å². The third-order valence-electron chi connectivity index (χ3n) is 4.27. The van der Waals surface area contributed by atoms with Gasteiger partial charge in [0.05, 0.1) is 0 Å². The summed E-state index contributed by atoms with van der Waals surface area (Å²) in [6.07, 6.45) is 20.4. The predicted octanol–water partition coefficient (Wildman–Crippen LogP) is 5.79. The van der Waals surface area contributed by atoms with Gasteiger partial charge in [0.1, 0.15) is 7.11 Å². The fourth-order valence-electron chi connectivity index (χ4n) is 2.82. The molecule has 1 aromatic heterocycles. The van der Waals surface area contributed by atoms with Crippen LogP contribution in [0.5, 0.6) is 0 Å². The van der Waals surface area contributed by atoms with E-state index in [2.05, 4.69) is 23.1 Å². The van der Waals surface area contributed by atoms with E-state index in [1.165, 1.54) is 76.2 Å². The van der Waals surface area contributed by atoms with Crippen LogP contribution in [0.3, 0.4) is 0 Å². The van der Waals surface area contributed by atoms with Crippen LogP contribution < -0.4 is 0 Å². The Morgan fingerprint density at radius 3 is 2.30 bits per heavy atom. The molecule has 0 bridgehead atoms. The van der Waals surface area contributed by atoms with Crippen molar-refractivity contribution in [2.24, 2.45) is 11.1 Å². The van der Waals surface area contributed by atoms with Crippen molar-refractivity contribution in [3.8, 4) is 0 Å². The van der Waals surface area contributed by atoms with Crippen molar-refractivity contribution < 1.29 is 4.84 Å². The second kappa shape index (κ2) is 14.2. The van der Waals surface area contributed by atoms with Gasteiger partial charge >= 0.3 is 0 Å². The van der Waals surface area contributed by atoms with Gasteiger partial charge in [-0.2, -0.15) is 0 Å². The molecule has 0 saturated carbocycles. The molecular formula is C20H34N2O. The molecule has 0 radical (unpaired) electrons. The molecule has 23 heavy (non-hydrogen) atoms. The quantitative estimate of drug-likeness (QED) is 0.247. The van der Waals surface area contributed by atoms with Crippen LogP contribution >= 0.6 is 0 Å². The number of unbranched alkanes of at least 4 members (excludes halogenated alkanes) is 8. The lowest BCUT2D eigenvalue weighted by Crippen LogP contribution is -1.96. The number of aromatic nitrogens is 1. The molecule has 0 fully saturated rings. The smallest absolute Gasteiger partial charge is 0.106 e.